The summed E-state index contributed by atoms with van der Waals surface area (Å²) >= 11 is 0. The molecule has 0 unspecified atom stereocenters. The van der Waals surface area contributed by atoms with Crippen LogP contribution in [0, 0.1) is 0 Å². The van der Waals surface area contributed by atoms with E-state index in [1.165, 1.54) is 5.57 Å². The van der Waals surface area contributed by atoms with E-state index in [9.17, 15) is 0 Å². The minimum atomic E-state index is 0.574. The lowest BCUT2D eigenvalue weighted by Crippen LogP contribution is -2.04. The van der Waals surface area contributed by atoms with E-state index in [-0.39, 0.29) is 0 Å². The van der Waals surface area contributed by atoms with Crippen LogP contribution in [0.25, 0.3) is 0 Å². The summed E-state index contributed by atoms with van der Waals surface area (Å²) in [5.74, 6) is 4.89. The molecule has 0 saturated carbocycles. The number of nitrogens with two attached hydrogens (primary N) is 1. The zero-order chi connectivity index (χ0) is 10.5. The summed E-state index contributed by atoms with van der Waals surface area (Å²) < 4.78 is 0. The Morgan fingerprint density at radius 2 is 1.92 bits per heavy atom. The fourth-order valence-corrected chi connectivity index (χ4v) is 0.880. The van der Waals surface area contributed by atoms with Crippen molar-refractivity contribution in [1.82, 2.24) is 0 Å². The van der Waals surface area contributed by atoms with E-state index in [4.69, 9.17) is 5.90 Å². The molecule has 0 atom stereocenters. The Morgan fingerprint density at radius 3 is 2.31 bits per heavy atom. The highest BCUT2D eigenvalue weighted by molar-refractivity contribution is 5.17. The first-order chi connectivity index (χ1) is 6.43. The maximum absolute atomic E-state index is 4.89. The van der Waals surface area contributed by atoms with Crippen molar-refractivity contribution in [2.75, 3.05) is 6.61 Å². The zero-order valence-electron chi connectivity index (χ0n) is 9.34. The molecule has 0 heterocycles. The van der Waals surface area contributed by atoms with Crippen LogP contribution < -0.4 is 5.90 Å². The molecule has 2 heteroatoms. The third kappa shape index (κ3) is 9.31. The quantitative estimate of drug-likeness (QED) is 0.670. The van der Waals surface area contributed by atoms with Gasteiger partial charge in [0.1, 0.15) is 0 Å². The van der Waals surface area contributed by atoms with E-state index in [1.807, 2.05) is 33.8 Å². The Hall–Kier alpha value is -0.600. The van der Waals surface area contributed by atoms with Gasteiger partial charge in [-0.15, -0.1) is 0 Å². The van der Waals surface area contributed by atoms with Crippen LogP contribution in [0.4, 0.5) is 0 Å². The van der Waals surface area contributed by atoms with Gasteiger partial charge in [-0.05, 0) is 18.4 Å². The van der Waals surface area contributed by atoms with Gasteiger partial charge in [-0.3, -0.25) is 0 Å². The molecule has 13 heavy (non-hydrogen) atoms. The second-order valence-corrected chi connectivity index (χ2v) is 2.10. The summed E-state index contributed by atoms with van der Waals surface area (Å²) in [7, 11) is 0. The Kier molecular flexibility index (Phi) is 16.0. The SMILES string of the molecule is CC.CC.NOCC1=CC=CCC1. The summed E-state index contributed by atoms with van der Waals surface area (Å²) in [5, 5.41) is 0. The molecule has 1 aliphatic rings. The number of hydrogen-bond donors (Lipinski definition) is 1. The monoisotopic (exact) mass is 185 g/mol. The van der Waals surface area contributed by atoms with E-state index in [1.54, 1.807) is 0 Å². The van der Waals surface area contributed by atoms with Gasteiger partial charge >= 0.3 is 0 Å². The Bertz CT molecular complexity index is 139. The van der Waals surface area contributed by atoms with Gasteiger partial charge in [0.2, 0.25) is 0 Å². The topological polar surface area (TPSA) is 35.2 Å². The highest BCUT2D eigenvalue weighted by Crippen LogP contribution is 2.10. The Balaban J connectivity index is 0. The van der Waals surface area contributed by atoms with Gasteiger partial charge in [0.25, 0.3) is 0 Å². The van der Waals surface area contributed by atoms with Crippen molar-refractivity contribution in [2.45, 2.75) is 40.5 Å². The highest BCUT2D eigenvalue weighted by Gasteiger charge is 1.96. The predicted octanol–water partition coefficient (Wildman–Crippen LogP) is 3.21. The second kappa shape index (κ2) is 14.0. The van der Waals surface area contributed by atoms with Crippen molar-refractivity contribution >= 4 is 0 Å². The van der Waals surface area contributed by atoms with Gasteiger partial charge in [-0.25, -0.2) is 5.90 Å². The van der Waals surface area contributed by atoms with Crippen LogP contribution in [0.15, 0.2) is 23.8 Å². The molecule has 0 radical (unpaired) electrons. The van der Waals surface area contributed by atoms with E-state index in [2.05, 4.69) is 17.0 Å². The van der Waals surface area contributed by atoms with Crippen LogP contribution in [0.1, 0.15) is 40.5 Å². The molecule has 0 saturated heterocycles. The zero-order valence-corrected chi connectivity index (χ0v) is 9.34. The molecule has 0 aromatic rings. The van der Waals surface area contributed by atoms with Crippen LogP contribution in [0.3, 0.4) is 0 Å². The van der Waals surface area contributed by atoms with Crippen LogP contribution in [0.5, 0.6) is 0 Å². The molecule has 2 nitrogen and oxygen atoms in total. The lowest BCUT2D eigenvalue weighted by molar-refractivity contribution is 0.159. The number of allylic oxidation sites excluding steroid dienone is 3. The minimum Gasteiger partial charge on any atom is -0.300 e. The first kappa shape index (κ1) is 14.9. The third-order valence-corrected chi connectivity index (χ3v) is 1.37. The van der Waals surface area contributed by atoms with Crippen molar-refractivity contribution < 1.29 is 4.84 Å². The molecule has 1 rings (SSSR count). The van der Waals surface area contributed by atoms with Crippen molar-refractivity contribution in [1.29, 1.82) is 0 Å². The van der Waals surface area contributed by atoms with Gasteiger partial charge in [0, 0.05) is 0 Å². The maximum Gasteiger partial charge on any atom is 0.0893 e. The van der Waals surface area contributed by atoms with Crippen LogP contribution in [0.2, 0.25) is 0 Å². The molecule has 1 aliphatic carbocycles. The molecule has 78 valence electrons. The average molecular weight is 185 g/mol. The average Bonchev–Trinajstić information content (AvgIpc) is 2.26. The summed E-state index contributed by atoms with van der Waals surface area (Å²) in [6, 6.07) is 0. The van der Waals surface area contributed by atoms with Crippen molar-refractivity contribution in [2.24, 2.45) is 5.90 Å². The first-order valence-electron chi connectivity index (χ1n) is 5.10. The lowest BCUT2D eigenvalue weighted by Gasteiger charge is -2.05. The van der Waals surface area contributed by atoms with Gasteiger partial charge < -0.3 is 4.84 Å². The fourth-order valence-electron chi connectivity index (χ4n) is 0.880. The predicted molar refractivity (Wildman–Crippen MR) is 59.3 cm³/mol. The number of rotatable bonds is 2. The third-order valence-electron chi connectivity index (χ3n) is 1.37. The molecule has 0 aromatic heterocycles. The summed E-state index contributed by atoms with van der Waals surface area (Å²) in [6.45, 7) is 8.57. The van der Waals surface area contributed by atoms with E-state index >= 15 is 0 Å². The minimum absolute atomic E-state index is 0.574. The standard InChI is InChI=1S/C7H11NO.2C2H6/c8-9-6-7-4-2-1-3-5-7;2*1-2/h1-2,4H,3,5-6,8H2;2*1-2H3. The normalized spacial score (nSPS) is 13.2. The Labute approximate surface area is 82.4 Å². The molecular weight excluding hydrogens is 162 g/mol. The molecule has 0 bridgehead atoms. The van der Waals surface area contributed by atoms with Crippen molar-refractivity contribution in [3.05, 3.63) is 23.8 Å². The summed E-state index contributed by atoms with van der Waals surface area (Å²) in [5.41, 5.74) is 1.28. The van der Waals surface area contributed by atoms with Gasteiger partial charge in [0.15, 0.2) is 0 Å². The largest absolute Gasteiger partial charge is 0.300 e. The van der Waals surface area contributed by atoms with Crippen molar-refractivity contribution in [3.63, 3.8) is 0 Å². The van der Waals surface area contributed by atoms with Crippen molar-refractivity contribution in [3.8, 4) is 0 Å². The molecule has 0 aromatic carbocycles. The maximum atomic E-state index is 4.89. The molecular formula is C11H23NO. The van der Waals surface area contributed by atoms with Crippen LogP contribution in [-0.2, 0) is 4.84 Å². The molecule has 0 fully saturated rings. The van der Waals surface area contributed by atoms with Gasteiger partial charge in [0.05, 0.1) is 6.61 Å². The highest BCUT2D eigenvalue weighted by atomic mass is 16.6. The van der Waals surface area contributed by atoms with Gasteiger partial charge in [-0.2, -0.15) is 0 Å². The molecule has 2 N–H and O–H groups in total. The van der Waals surface area contributed by atoms with Crippen LogP contribution in [-0.4, -0.2) is 6.61 Å². The van der Waals surface area contributed by atoms with E-state index < -0.39 is 0 Å². The van der Waals surface area contributed by atoms with Crippen LogP contribution >= 0.6 is 0 Å². The molecule has 0 aliphatic heterocycles. The summed E-state index contributed by atoms with van der Waals surface area (Å²) in [4.78, 5) is 4.48. The second-order valence-electron chi connectivity index (χ2n) is 2.10. The lowest BCUT2D eigenvalue weighted by atomic mass is 10.1. The smallest absolute Gasteiger partial charge is 0.0893 e. The summed E-state index contributed by atoms with van der Waals surface area (Å²) in [6.07, 6.45) is 8.44. The van der Waals surface area contributed by atoms with E-state index in [0.29, 0.717) is 6.61 Å². The van der Waals surface area contributed by atoms with Gasteiger partial charge in [-0.1, -0.05) is 45.9 Å². The number of hydrogen-bond acceptors (Lipinski definition) is 2. The fraction of sp³-hybridized carbons (Fsp3) is 0.636. The molecule has 0 amide bonds. The first-order valence-corrected chi connectivity index (χ1v) is 5.10. The Morgan fingerprint density at radius 1 is 1.31 bits per heavy atom. The van der Waals surface area contributed by atoms with E-state index in [0.717, 1.165) is 12.8 Å². The molecule has 0 spiro atoms.